The lowest BCUT2D eigenvalue weighted by atomic mass is 10.00. The van der Waals surface area contributed by atoms with Crippen LogP contribution in [0.4, 0.5) is 10.5 Å². The summed E-state index contributed by atoms with van der Waals surface area (Å²) in [6, 6.07) is 4.12. The number of benzene rings is 1. The Bertz CT molecular complexity index is 667. The molecule has 3 N–H and O–H groups in total. The number of imide groups is 1. The van der Waals surface area contributed by atoms with Gasteiger partial charge in [-0.25, -0.2) is 4.79 Å². The number of hydrazine groups is 1. The largest absolute Gasteiger partial charge is 0.375 e. The average Bonchev–Trinajstić information content (AvgIpc) is 2.72. The molecule has 1 aromatic carbocycles. The second-order valence-corrected chi connectivity index (χ2v) is 6.11. The maximum atomic E-state index is 12.1. The zero-order chi connectivity index (χ0) is 17.2. The van der Waals surface area contributed by atoms with Crippen molar-refractivity contribution in [3.8, 4) is 0 Å². The molecule has 9 heteroatoms. The predicted octanol–water partition coefficient (Wildman–Crippen LogP) is 2.16. The van der Waals surface area contributed by atoms with Crippen molar-refractivity contribution in [2.75, 3.05) is 11.9 Å². The number of carbonyl (C=O) groups excluding carboxylic acids is 3. The summed E-state index contributed by atoms with van der Waals surface area (Å²) in [5, 5.41) is 6.88. The van der Waals surface area contributed by atoms with E-state index >= 15 is 0 Å². The Kier molecular flexibility index (Phi) is 5.01. The second kappa shape index (κ2) is 6.64. The minimum atomic E-state index is -1.01. The number of halogens is 2. The van der Waals surface area contributed by atoms with E-state index in [1.807, 2.05) is 0 Å². The van der Waals surface area contributed by atoms with Crippen molar-refractivity contribution in [3.05, 3.63) is 28.2 Å². The van der Waals surface area contributed by atoms with E-state index in [0.29, 0.717) is 27.2 Å². The van der Waals surface area contributed by atoms with Gasteiger partial charge in [0.2, 0.25) is 0 Å². The number of hydrogen-bond donors (Lipinski definition) is 3. The molecule has 1 aromatic rings. The topological polar surface area (TPSA) is 90.5 Å². The molecule has 1 atom stereocenters. The van der Waals surface area contributed by atoms with Gasteiger partial charge in [-0.2, -0.15) is 5.01 Å². The van der Waals surface area contributed by atoms with E-state index in [1.54, 1.807) is 32.0 Å². The molecule has 2 rings (SSSR count). The fourth-order valence-electron chi connectivity index (χ4n) is 2.00. The van der Waals surface area contributed by atoms with Crippen LogP contribution in [0.15, 0.2) is 18.2 Å². The average molecular weight is 359 g/mol. The summed E-state index contributed by atoms with van der Waals surface area (Å²) >= 11 is 11.8. The van der Waals surface area contributed by atoms with Crippen LogP contribution in [-0.2, 0) is 9.59 Å². The normalized spacial score (nSPS) is 20.4. The van der Waals surface area contributed by atoms with Gasteiger partial charge in [-0.3, -0.25) is 15.0 Å². The maximum absolute atomic E-state index is 12.1. The molecule has 1 heterocycles. The first-order valence-electron chi connectivity index (χ1n) is 6.92. The van der Waals surface area contributed by atoms with Crippen molar-refractivity contribution in [2.24, 2.45) is 0 Å². The van der Waals surface area contributed by atoms with Crippen molar-refractivity contribution >= 4 is 46.7 Å². The van der Waals surface area contributed by atoms with Crippen molar-refractivity contribution in [1.82, 2.24) is 15.8 Å². The lowest BCUT2D eigenvalue weighted by molar-refractivity contribution is -0.138. The summed E-state index contributed by atoms with van der Waals surface area (Å²) in [6.45, 7) is 3.19. The highest BCUT2D eigenvalue weighted by atomic mass is 35.5. The smallest absolute Gasteiger partial charge is 0.344 e. The van der Waals surface area contributed by atoms with Gasteiger partial charge in [0.25, 0.3) is 11.8 Å². The number of anilines is 1. The van der Waals surface area contributed by atoms with Gasteiger partial charge >= 0.3 is 6.03 Å². The maximum Gasteiger partial charge on any atom is 0.344 e. The SMILES string of the molecule is CCC1(C)NC(=O)N(NC(=O)CNc2cc(Cl)ccc2Cl)C1=O. The molecule has 0 aliphatic carbocycles. The van der Waals surface area contributed by atoms with E-state index in [4.69, 9.17) is 23.2 Å². The van der Waals surface area contributed by atoms with Crippen LogP contribution in [0, 0.1) is 0 Å². The van der Waals surface area contributed by atoms with Gasteiger partial charge in [0.1, 0.15) is 5.54 Å². The molecule has 1 saturated heterocycles. The quantitative estimate of drug-likeness (QED) is 0.703. The summed E-state index contributed by atoms with van der Waals surface area (Å²) in [5.74, 6) is -1.07. The molecule has 23 heavy (non-hydrogen) atoms. The Morgan fingerprint density at radius 1 is 1.35 bits per heavy atom. The Balaban J connectivity index is 1.96. The van der Waals surface area contributed by atoms with E-state index in [2.05, 4.69) is 16.1 Å². The summed E-state index contributed by atoms with van der Waals surface area (Å²) < 4.78 is 0. The third kappa shape index (κ3) is 3.68. The predicted molar refractivity (Wildman–Crippen MR) is 87.2 cm³/mol. The van der Waals surface area contributed by atoms with Gasteiger partial charge in [0.05, 0.1) is 17.3 Å². The van der Waals surface area contributed by atoms with Crippen molar-refractivity contribution < 1.29 is 14.4 Å². The molecule has 1 fully saturated rings. The molecule has 7 nitrogen and oxygen atoms in total. The Morgan fingerprint density at radius 3 is 2.65 bits per heavy atom. The highest BCUT2D eigenvalue weighted by molar-refractivity contribution is 6.35. The zero-order valence-corrected chi connectivity index (χ0v) is 14.1. The van der Waals surface area contributed by atoms with Crippen molar-refractivity contribution in [2.45, 2.75) is 25.8 Å². The first-order valence-corrected chi connectivity index (χ1v) is 7.67. The molecular formula is C14H16Cl2N4O3. The molecule has 1 aliphatic rings. The van der Waals surface area contributed by atoms with E-state index in [-0.39, 0.29) is 6.54 Å². The van der Waals surface area contributed by atoms with Crippen LogP contribution >= 0.6 is 23.2 Å². The Labute approximate surface area is 143 Å². The Hall–Kier alpha value is -1.99. The van der Waals surface area contributed by atoms with Gasteiger partial charge < -0.3 is 10.6 Å². The van der Waals surface area contributed by atoms with Gasteiger partial charge in [-0.05, 0) is 31.5 Å². The summed E-state index contributed by atoms with van der Waals surface area (Å²) in [5.41, 5.74) is 1.74. The molecule has 0 radical (unpaired) electrons. The minimum Gasteiger partial charge on any atom is -0.375 e. The molecule has 4 amide bonds. The molecular weight excluding hydrogens is 343 g/mol. The summed E-state index contributed by atoms with van der Waals surface area (Å²) in [6.07, 6.45) is 0.417. The highest BCUT2D eigenvalue weighted by Crippen LogP contribution is 2.25. The highest BCUT2D eigenvalue weighted by Gasteiger charge is 2.47. The lowest BCUT2D eigenvalue weighted by Gasteiger charge is -2.19. The first-order chi connectivity index (χ1) is 10.8. The van der Waals surface area contributed by atoms with Crippen LogP contribution < -0.4 is 16.1 Å². The van der Waals surface area contributed by atoms with Crippen LogP contribution in [-0.4, -0.2) is 34.9 Å². The third-order valence-electron chi connectivity index (χ3n) is 3.57. The van der Waals surface area contributed by atoms with Crippen LogP contribution in [0.2, 0.25) is 10.0 Å². The van der Waals surface area contributed by atoms with E-state index in [9.17, 15) is 14.4 Å². The number of amides is 4. The molecule has 1 unspecified atom stereocenters. The lowest BCUT2D eigenvalue weighted by Crippen LogP contribution is -2.50. The first kappa shape index (κ1) is 17.4. The molecule has 1 aliphatic heterocycles. The van der Waals surface area contributed by atoms with Crippen molar-refractivity contribution in [1.29, 1.82) is 0 Å². The third-order valence-corrected chi connectivity index (χ3v) is 4.14. The number of nitrogens with zero attached hydrogens (tertiary/aromatic N) is 1. The number of rotatable bonds is 5. The number of carbonyl (C=O) groups is 3. The van der Waals surface area contributed by atoms with E-state index < -0.39 is 23.4 Å². The van der Waals surface area contributed by atoms with E-state index in [1.165, 1.54) is 0 Å². The molecule has 0 saturated carbocycles. The van der Waals surface area contributed by atoms with Crippen LogP contribution in [0.25, 0.3) is 0 Å². The standard InChI is InChI=1S/C14H16Cl2N4O3/c1-3-14(2)12(22)20(13(23)18-14)19-11(21)7-17-10-6-8(15)4-5-9(10)16/h4-6,17H,3,7H2,1-2H3,(H,18,23)(H,19,21). The fourth-order valence-corrected chi connectivity index (χ4v) is 2.35. The summed E-state index contributed by atoms with van der Waals surface area (Å²) in [4.78, 5) is 35.9. The summed E-state index contributed by atoms with van der Waals surface area (Å²) in [7, 11) is 0. The molecule has 0 spiro atoms. The van der Waals surface area contributed by atoms with Crippen LogP contribution in [0.1, 0.15) is 20.3 Å². The van der Waals surface area contributed by atoms with Gasteiger partial charge in [-0.15, -0.1) is 0 Å². The van der Waals surface area contributed by atoms with Gasteiger partial charge in [0, 0.05) is 5.02 Å². The second-order valence-electron chi connectivity index (χ2n) is 5.27. The number of nitrogens with one attached hydrogen (secondary N) is 3. The monoisotopic (exact) mass is 358 g/mol. The number of urea groups is 1. The fraction of sp³-hybridized carbons (Fsp3) is 0.357. The number of hydrogen-bond acceptors (Lipinski definition) is 4. The van der Waals surface area contributed by atoms with E-state index in [0.717, 1.165) is 0 Å². The Morgan fingerprint density at radius 2 is 2.04 bits per heavy atom. The van der Waals surface area contributed by atoms with Crippen LogP contribution in [0.3, 0.4) is 0 Å². The zero-order valence-electron chi connectivity index (χ0n) is 12.6. The van der Waals surface area contributed by atoms with Gasteiger partial charge in [-0.1, -0.05) is 30.1 Å². The molecule has 0 aromatic heterocycles. The molecule has 0 bridgehead atoms. The van der Waals surface area contributed by atoms with Crippen molar-refractivity contribution in [3.63, 3.8) is 0 Å². The van der Waals surface area contributed by atoms with Crippen LogP contribution in [0.5, 0.6) is 0 Å². The molecule has 124 valence electrons. The van der Waals surface area contributed by atoms with Gasteiger partial charge in [0.15, 0.2) is 0 Å². The minimum absolute atomic E-state index is 0.181.